The molecule has 0 aromatic carbocycles. The molecule has 0 saturated carbocycles. The highest BCUT2D eigenvalue weighted by atomic mass is 16.4. The van der Waals surface area contributed by atoms with E-state index < -0.39 is 11.5 Å². The zero-order chi connectivity index (χ0) is 12.3. The van der Waals surface area contributed by atoms with E-state index in [1.54, 1.807) is 6.07 Å². The van der Waals surface area contributed by atoms with Gasteiger partial charge in [0, 0.05) is 5.54 Å². The number of rotatable bonds is 5. The van der Waals surface area contributed by atoms with Crippen molar-refractivity contribution >= 4 is 5.97 Å². The van der Waals surface area contributed by atoms with Crippen molar-refractivity contribution in [2.24, 2.45) is 0 Å². The van der Waals surface area contributed by atoms with Gasteiger partial charge in [-0.05, 0) is 32.9 Å². The van der Waals surface area contributed by atoms with E-state index in [9.17, 15) is 4.79 Å². The number of furan rings is 1. The Balaban J connectivity index is 2.73. The van der Waals surface area contributed by atoms with Crippen LogP contribution in [0, 0.1) is 0 Å². The summed E-state index contributed by atoms with van der Waals surface area (Å²) in [6, 6.07) is 2.88. The van der Waals surface area contributed by atoms with Crippen molar-refractivity contribution in [3.63, 3.8) is 0 Å². The quantitative estimate of drug-likeness (QED) is 0.708. The molecular formula is C11H17NO4. The lowest BCUT2D eigenvalue weighted by molar-refractivity contribution is 0.0658. The van der Waals surface area contributed by atoms with Crippen LogP contribution in [0.15, 0.2) is 16.5 Å². The van der Waals surface area contributed by atoms with Gasteiger partial charge in [0.1, 0.15) is 5.76 Å². The Kier molecular flexibility index (Phi) is 3.72. The fraction of sp³-hybridized carbons (Fsp3) is 0.545. The minimum Gasteiger partial charge on any atom is -0.475 e. The van der Waals surface area contributed by atoms with Gasteiger partial charge in [-0.1, -0.05) is 0 Å². The summed E-state index contributed by atoms with van der Waals surface area (Å²) >= 11 is 0. The zero-order valence-corrected chi connectivity index (χ0v) is 9.65. The Morgan fingerprint density at radius 2 is 2.19 bits per heavy atom. The molecule has 0 aliphatic carbocycles. The molecule has 5 nitrogen and oxygen atoms in total. The Hall–Kier alpha value is -1.33. The molecule has 0 aliphatic rings. The van der Waals surface area contributed by atoms with Gasteiger partial charge in [0.05, 0.1) is 12.6 Å². The summed E-state index contributed by atoms with van der Waals surface area (Å²) in [4.78, 5) is 10.6. The first-order valence-corrected chi connectivity index (χ1v) is 5.07. The van der Waals surface area contributed by atoms with E-state index in [0.717, 1.165) is 0 Å². The monoisotopic (exact) mass is 227 g/mol. The van der Waals surface area contributed by atoms with Gasteiger partial charge in [-0.25, -0.2) is 4.79 Å². The highest BCUT2D eigenvalue weighted by Gasteiger charge is 2.22. The molecule has 1 aromatic heterocycles. The normalized spacial score (nSPS) is 13.8. The van der Waals surface area contributed by atoms with Crippen LogP contribution in [-0.4, -0.2) is 28.3 Å². The number of hydrogen-bond acceptors (Lipinski definition) is 4. The fourth-order valence-electron chi connectivity index (χ4n) is 1.40. The van der Waals surface area contributed by atoms with Gasteiger partial charge in [0.25, 0.3) is 0 Å². The molecule has 16 heavy (non-hydrogen) atoms. The third kappa shape index (κ3) is 3.08. The van der Waals surface area contributed by atoms with Crippen LogP contribution in [0.25, 0.3) is 0 Å². The summed E-state index contributed by atoms with van der Waals surface area (Å²) in [5, 5.41) is 20.9. The van der Waals surface area contributed by atoms with Gasteiger partial charge in [-0.2, -0.15) is 0 Å². The molecule has 90 valence electrons. The van der Waals surface area contributed by atoms with E-state index in [0.29, 0.717) is 5.76 Å². The number of carbonyl (C=O) groups is 1. The third-order valence-electron chi connectivity index (χ3n) is 2.27. The van der Waals surface area contributed by atoms with Crippen LogP contribution in [0.1, 0.15) is 43.1 Å². The molecule has 0 radical (unpaired) electrons. The molecule has 1 atom stereocenters. The molecule has 1 unspecified atom stereocenters. The van der Waals surface area contributed by atoms with E-state index in [1.165, 1.54) is 6.07 Å². The lowest BCUT2D eigenvalue weighted by Gasteiger charge is -2.27. The Bertz CT molecular complexity index is 370. The molecule has 0 aliphatic heterocycles. The number of aliphatic hydroxyl groups excluding tert-OH is 1. The summed E-state index contributed by atoms with van der Waals surface area (Å²) in [6.45, 7) is 5.54. The molecule has 1 rings (SSSR count). The van der Waals surface area contributed by atoms with Crippen LogP contribution >= 0.6 is 0 Å². The van der Waals surface area contributed by atoms with Crippen LogP contribution in [0.5, 0.6) is 0 Å². The lowest BCUT2D eigenvalue weighted by atomic mass is 10.1. The van der Waals surface area contributed by atoms with Gasteiger partial charge < -0.3 is 19.9 Å². The number of aromatic carboxylic acids is 1. The predicted molar refractivity (Wildman–Crippen MR) is 58.4 cm³/mol. The molecule has 1 aromatic rings. The van der Waals surface area contributed by atoms with Crippen molar-refractivity contribution in [3.05, 3.63) is 23.7 Å². The molecule has 0 fully saturated rings. The second-order valence-electron chi connectivity index (χ2n) is 4.42. The average molecular weight is 227 g/mol. The Morgan fingerprint density at radius 3 is 2.62 bits per heavy atom. The molecule has 0 spiro atoms. The summed E-state index contributed by atoms with van der Waals surface area (Å²) in [5.41, 5.74) is -0.435. The molecule has 0 bridgehead atoms. The maximum atomic E-state index is 10.6. The Morgan fingerprint density at radius 1 is 1.56 bits per heavy atom. The first-order chi connectivity index (χ1) is 7.35. The topological polar surface area (TPSA) is 82.7 Å². The standard InChI is InChI=1S/C11H17NO4/c1-7(12-11(2,3)6-13)8-4-5-9(16-8)10(14)15/h4-5,7,12-13H,6H2,1-3H3,(H,14,15). The van der Waals surface area contributed by atoms with E-state index in [1.807, 2.05) is 20.8 Å². The second kappa shape index (κ2) is 4.67. The van der Waals surface area contributed by atoms with Gasteiger partial charge in [0.2, 0.25) is 5.76 Å². The first kappa shape index (κ1) is 12.7. The van der Waals surface area contributed by atoms with Crippen LogP contribution in [0.4, 0.5) is 0 Å². The number of carboxylic acids is 1. The van der Waals surface area contributed by atoms with E-state index in [2.05, 4.69) is 5.32 Å². The van der Waals surface area contributed by atoms with Crippen LogP contribution in [-0.2, 0) is 0 Å². The SMILES string of the molecule is CC(NC(C)(C)CO)c1ccc(C(=O)O)o1. The van der Waals surface area contributed by atoms with Crippen molar-refractivity contribution < 1.29 is 19.4 Å². The molecular weight excluding hydrogens is 210 g/mol. The largest absolute Gasteiger partial charge is 0.475 e. The van der Waals surface area contributed by atoms with Crippen molar-refractivity contribution in [3.8, 4) is 0 Å². The molecule has 0 saturated heterocycles. The molecule has 5 heteroatoms. The predicted octanol–water partition coefficient (Wildman–Crippen LogP) is 1.40. The van der Waals surface area contributed by atoms with Crippen LogP contribution in [0.3, 0.4) is 0 Å². The number of nitrogens with one attached hydrogen (secondary N) is 1. The fourth-order valence-corrected chi connectivity index (χ4v) is 1.40. The zero-order valence-electron chi connectivity index (χ0n) is 9.65. The number of hydrogen-bond donors (Lipinski definition) is 3. The maximum Gasteiger partial charge on any atom is 0.371 e. The third-order valence-corrected chi connectivity index (χ3v) is 2.27. The highest BCUT2D eigenvalue weighted by Crippen LogP contribution is 2.19. The summed E-state index contributed by atoms with van der Waals surface area (Å²) < 4.78 is 5.15. The van der Waals surface area contributed by atoms with Gasteiger partial charge in [-0.3, -0.25) is 0 Å². The lowest BCUT2D eigenvalue weighted by Crippen LogP contribution is -2.43. The number of aliphatic hydroxyl groups is 1. The highest BCUT2D eigenvalue weighted by molar-refractivity contribution is 5.84. The molecule has 0 amide bonds. The molecule has 1 heterocycles. The summed E-state index contributed by atoms with van der Waals surface area (Å²) in [7, 11) is 0. The summed E-state index contributed by atoms with van der Waals surface area (Å²) in [6.07, 6.45) is 0. The minimum absolute atomic E-state index is 0.0101. The molecule has 3 N–H and O–H groups in total. The van der Waals surface area contributed by atoms with Crippen LogP contribution < -0.4 is 5.32 Å². The Labute approximate surface area is 94.1 Å². The van der Waals surface area contributed by atoms with E-state index in [4.69, 9.17) is 14.6 Å². The van der Waals surface area contributed by atoms with Crippen LogP contribution in [0.2, 0.25) is 0 Å². The van der Waals surface area contributed by atoms with Gasteiger partial charge in [0.15, 0.2) is 0 Å². The van der Waals surface area contributed by atoms with Crippen molar-refractivity contribution in [2.75, 3.05) is 6.61 Å². The summed E-state index contributed by atoms with van der Waals surface area (Å²) in [5.74, 6) is -0.621. The van der Waals surface area contributed by atoms with E-state index in [-0.39, 0.29) is 18.4 Å². The van der Waals surface area contributed by atoms with Crippen molar-refractivity contribution in [1.29, 1.82) is 0 Å². The van der Waals surface area contributed by atoms with Crippen molar-refractivity contribution in [1.82, 2.24) is 5.32 Å². The maximum absolute atomic E-state index is 10.6. The second-order valence-corrected chi connectivity index (χ2v) is 4.42. The first-order valence-electron chi connectivity index (χ1n) is 5.07. The van der Waals surface area contributed by atoms with Gasteiger partial charge in [-0.15, -0.1) is 0 Å². The van der Waals surface area contributed by atoms with Crippen molar-refractivity contribution in [2.45, 2.75) is 32.4 Å². The van der Waals surface area contributed by atoms with E-state index >= 15 is 0 Å². The average Bonchev–Trinajstić information content (AvgIpc) is 2.66. The van der Waals surface area contributed by atoms with Gasteiger partial charge >= 0.3 is 5.97 Å². The number of carboxylic acid groups (broad SMARTS) is 1. The minimum atomic E-state index is -1.08. The smallest absolute Gasteiger partial charge is 0.371 e.